The number of ether oxygens (including phenoxy) is 1. The van der Waals surface area contributed by atoms with Gasteiger partial charge in [-0.15, -0.1) is 0 Å². The van der Waals surface area contributed by atoms with Crippen molar-refractivity contribution in [1.82, 2.24) is 9.97 Å². The predicted octanol–water partition coefficient (Wildman–Crippen LogP) is 2.40. The molecule has 0 unspecified atom stereocenters. The number of carbonyl (C=O) groups excluding carboxylic acids is 1. The van der Waals surface area contributed by atoms with Gasteiger partial charge in [-0.1, -0.05) is 0 Å². The average molecular weight is 346 g/mol. The van der Waals surface area contributed by atoms with Gasteiger partial charge >= 0.3 is 0 Å². The molecule has 2 heterocycles. The summed E-state index contributed by atoms with van der Waals surface area (Å²) < 4.78 is 5.34. The highest BCUT2D eigenvalue weighted by molar-refractivity contribution is 6.13. The number of carbonyl (C=O) groups is 1. The van der Waals surface area contributed by atoms with Gasteiger partial charge in [0.25, 0.3) is 0 Å². The van der Waals surface area contributed by atoms with Crippen molar-refractivity contribution in [1.29, 1.82) is 5.26 Å². The van der Waals surface area contributed by atoms with Gasteiger partial charge in [0.05, 0.1) is 24.8 Å². The molecular weight excluding hydrogens is 328 g/mol. The number of aromatic nitrogens is 2. The van der Waals surface area contributed by atoms with Crippen LogP contribution < -0.4 is 4.90 Å². The number of aryl methyl sites for hydroxylation is 1. The fraction of sp³-hybridized carbons (Fsp3) is 0.300. The van der Waals surface area contributed by atoms with Crippen LogP contribution in [0.5, 0.6) is 0 Å². The predicted molar refractivity (Wildman–Crippen MR) is 96.8 cm³/mol. The number of anilines is 1. The van der Waals surface area contributed by atoms with Gasteiger partial charge in [-0.2, -0.15) is 5.26 Å². The number of Topliss-reactive ketones (excluding diaryl/α,β-unsaturated/α-hetero) is 1. The minimum Gasteiger partial charge on any atom is -0.378 e. The van der Waals surface area contributed by atoms with Crippen molar-refractivity contribution in [2.45, 2.75) is 12.8 Å². The third-order valence-corrected chi connectivity index (χ3v) is 4.73. The second-order valence-electron chi connectivity index (χ2n) is 6.40. The van der Waals surface area contributed by atoms with Gasteiger partial charge in [-0.05, 0) is 42.7 Å². The summed E-state index contributed by atoms with van der Waals surface area (Å²) in [5, 5.41) is 9.00. The molecule has 0 atom stereocenters. The summed E-state index contributed by atoms with van der Waals surface area (Å²) in [7, 11) is 0. The van der Waals surface area contributed by atoms with E-state index in [9.17, 15) is 4.79 Å². The Balaban J connectivity index is 1.54. The Morgan fingerprint density at radius 1 is 1.15 bits per heavy atom. The Hall–Kier alpha value is -3.04. The molecule has 6 heteroatoms. The number of hydrogen-bond acceptors (Lipinski definition) is 6. The number of ketones is 1. The molecule has 26 heavy (non-hydrogen) atoms. The number of morpholine rings is 1. The van der Waals surface area contributed by atoms with E-state index in [0.717, 1.165) is 36.2 Å². The number of hydrogen-bond donors (Lipinski definition) is 0. The minimum absolute atomic E-state index is 0.0213. The van der Waals surface area contributed by atoms with Crippen molar-refractivity contribution in [2.24, 2.45) is 0 Å². The van der Waals surface area contributed by atoms with Crippen LogP contribution >= 0.6 is 0 Å². The molecule has 130 valence electrons. The molecule has 6 nitrogen and oxygen atoms in total. The number of fused-ring (bicyclic) bond motifs is 1. The van der Waals surface area contributed by atoms with Crippen molar-refractivity contribution in [3.63, 3.8) is 0 Å². The molecule has 1 saturated heterocycles. The molecule has 0 saturated carbocycles. The Bertz CT molecular complexity index is 906. The number of allylic oxidation sites excluding steroid dienone is 1. The van der Waals surface area contributed by atoms with Crippen LogP contribution in [0.15, 0.2) is 36.2 Å². The minimum atomic E-state index is 0.0213. The van der Waals surface area contributed by atoms with E-state index in [2.05, 4.69) is 20.9 Å². The lowest BCUT2D eigenvalue weighted by molar-refractivity contribution is 0.102. The van der Waals surface area contributed by atoms with Crippen LogP contribution in [0, 0.1) is 11.3 Å². The largest absolute Gasteiger partial charge is 0.378 e. The summed E-state index contributed by atoms with van der Waals surface area (Å²) in [6, 6.07) is 7.38. The van der Waals surface area contributed by atoms with Crippen LogP contribution in [-0.4, -0.2) is 42.1 Å². The lowest BCUT2D eigenvalue weighted by atomic mass is 9.85. The van der Waals surface area contributed by atoms with Crippen molar-refractivity contribution < 1.29 is 9.53 Å². The van der Waals surface area contributed by atoms with E-state index < -0.39 is 0 Å². The zero-order valence-electron chi connectivity index (χ0n) is 14.3. The van der Waals surface area contributed by atoms with Crippen molar-refractivity contribution in [3.8, 4) is 6.07 Å². The van der Waals surface area contributed by atoms with E-state index in [1.165, 1.54) is 0 Å². The molecule has 2 aliphatic rings. The normalized spacial score (nSPS) is 18.5. The van der Waals surface area contributed by atoms with Crippen molar-refractivity contribution >= 4 is 17.8 Å². The zero-order valence-corrected chi connectivity index (χ0v) is 14.3. The van der Waals surface area contributed by atoms with Crippen molar-refractivity contribution in [3.05, 3.63) is 58.4 Å². The van der Waals surface area contributed by atoms with Gasteiger partial charge in [0, 0.05) is 42.2 Å². The summed E-state index contributed by atoms with van der Waals surface area (Å²) in [4.78, 5) is 23.7. The molecule has 1 fully saturated rings. The molecule has 1 aromatic carbocycles. The fourth-order valence-corrected chi connectivity index (χ4v) is 3.32. The molecule has 0 spiro atoms. The van der Waals surface area contributed by atoms with Crippen LogP contribution in [-0.2, 0) is 11.2 Å². The SMILES string of the molecule is N#Cc1ccc2c(c1)CC/C(=C\c1cnc(N3CCOCC3)nc1)C2=O. The van der Waals surface area contributed by atoms with E-state index in [0.29, 0.717) is 36.7 Å². The lowest BCUT2D eigenvalue weighted by Crippen LogP contribution is -2.37. The number of nitrogens with zero attached hydrogens (tertiary/aromatic N) is 4. The maximum Gasteiger partial charge on any atom is 0.225 e. The second kappa shape index (κ2) is 7.06. The van der Waals surface area contributed by atoms with Crippen LogP contribution in [0.2, 0.25) is 0 Å². The molecule has 2 aromatic rings. The van der Waals surface area contributed by atoms with E-state index in [4.69, 9.17) is 10.00 Å². The summed E-state index contributed by atoms with van der Waals surface area (Å²) in [6.07, 6.45) is 6.80. The first-order valence-corrected chi connectivity index (χ1v) is 8.67. The highest BCUT2D eigenvalue weighted by Gasteiger charge is 2.22. The average Bonchev–Trinajstić information content (AvgIpc) is 2.71. The first-order valence-electron chi connectivity index (χ1n) is 8.67. The second-order valence-corrected chi connectivity index (χ2v) is 6.40. The zero-order chi connectivity index (χ0) is 17.9. The van der Waals surface area contributed by atoms with Gasteiger partial charge < -0.3 is 9.64 Å². The van der Waals surface area contributed by atoms with Gasteiger partial charge in [-0.3, -0.25) is 4.79 Å². The van der Waals surface area contributed by atoms with Crippen molar-refractivity contribution in [2.75, 3.05) is 31.2 Å². The highest BCUT2D eigenvalue weighted by Crippen LogP contribution is 2.27. The maximum absolute atomic E-state index is 12.7. The summed E-state index contributed by atoms with van der Waals surface area (Å²) in [5.41, 5.74) is 3.81. The molecule has 0 radical (unpaired) electrons. The quantitative estimate of drug-likeness (QED) is 0.777. The first-order chi connectivity index (χ1) is 12.7. The molecular formula is C20H18N4O2. The summed E-state index contributed by atoms with van der Waals surface area (Å²) in [6.45, 7) is 2.97. The molecule has 1 aromatic heterocycles. The third kappa shape index (κ3) is 3.22. The number of benzene rings is 1. The van der Waals surface area contributed by atoms with Gasteiger partial charge in [-0.25, -0.2) is 9.97 Å². The van der Waals surface area contributed by atoms with Crippen LogP contribution in [0.1, 0.15) is 33.5 Å². The van der Waals surface area contributed by atoms with Gasteiger partial charge in [0.15, 0.2) is 5.78 Å². The van der Waals surface area contributed by atoms with E-state index >= 15 is 0 Å². The molecule has 1 aliphatic heterocycles. The Kier molecular flexibility index (Phi) is 4.46. The Labute approximate surface area is 151 Å². The van der Waals surface area contributed by atoms with Gasteiger partial charge in [0.1, 0.15) is 0 Å². The summed E-state index contributed by atoms with van der Waals surface area (Å²) in [5.74, 6) is 0.716. The first kappa shape index (κ1) is 16.4. The fourth-order valence-electron chi connectivity index (χ4n) is 3.32. The number of nitriles is 1. The third-order valence-electron chi connectivity index (χ3n) is 4.73. The smallest absolute Gasteiger partial charge is 0.225 e. The molecule has 4 rings (SSSR count). The molecule has 0 amide bonds. The van der Waals surface area contributed by atoms with E-state index in [1.54, 1.807) is 24.5 Å². The van der Waals surface area contributed by atoms with E-state index in [-0.39, 0.29) is 5.78 Å². The van der Waals surface area contributed by atoms with Gasteiger partial charge in [0.2, 0.25) is 5.95 Å². The summed E-state index contributed by atoms with van der Waals surface area (Å²) >= 11 is 0. The Morgan fingerprint density at radius 3 is 2.65 bits per heavy atom. The standard InChI is InChI=1S/C20H18N4O2/c21-11-14-1-4-18-16(9-14)2-3-17(19(18)25)10-15-12-22-20(23-13-15)24-5-7-26-8-6-24/h1,4,9-10,12-13H,2-3,5-8H2/b17-10+. The van der Waals surface area contributed by atoms with Crippen LogP contribution in [0.4, 0.5) is 5.95 Å². The maximum atomic E-state index is 12.7. The molecule has 0 bridgehead atoms. The monoisotopic (exact) mass is 346 g/mol. The lowest BCUT2D eigenvalue weighted by Gasteiger charge is -2.26. The highest BCUT2D eigenvalue weighted by atomic mass is 16.5. The molecule has 0 N–H and O–H groups in total. The van der Waals surface area contributed by atoms with Crippen LogP contribution in [0.25, 0.3) is 6.08 Å². The molecule has 1 aliphatic carbocycles. The van der Waals surface area contributed by atoms with E-state index in [1.807, 2.05) is 12.1 Å². The number of rotatable bonds is 2. The topological polar surface area (TPSA) is 79.1 Å². The Morgan fingerprint density at radius 2 is 1.92 bits per heavy atom. The van der Waals surface area contributed by atoms with Crippen LogP contribution in [0.3, 0.4) is 0 Å².